The Balaban J connectivity index is 1.91. The van der Waals surface area contributed by atoms with Crippen molar-refractivity contribution in [3.05, 3.63) is 0 Å². The molecule has 3 heteroatoms. The van der Waals surface area contributed by atoms with Gasteiger partial charge < -0.3 is 10.1 Å². The zero-order valence-electron chi connectivity index (χ0n) is 9.33. The molecule has 3 atom stereocenters. The van der Waals surface area contributed by atoms with Gasteiger partial charge in [0.1, 0.15) is 0 Å². The van der Waals surface area contributed by atoms with E-state index in [4.69, 9.17) is 4.74 Å². The fourth-order valence-corrected chi connectivity index (χ4v) is 2.63. The molecule has 0 aromatic heterocycles. The normalized spacial score (nSPS) is 39.2. The molecule has 2 rings (SSSR count). The number of piperidine rings is 1. The first kappa shape index (κ1) is 10.4. The molecule has 3 unspecified atom stereocenters. The van der Waals surface area contributed by atoms with Crippen molar-refractivity contribution in [3.63, 3.8) is 0 Å². The van der Waals surface area contributed by atoms with Crippen LogP contribution in [0.2, 0.25) is 0 Å². The first-order chi connectivity index (χ1) is 6.79. The van der Waals surface area contributed by atoms with E-state index in [0.29, 0.717) is 12.1 Å². The van der Waals surface area contributed by atoms with Crippen molar-refractivity contribution in [2.75, 3.05) is 33.4 Å². The molecule has 0 amide bonds. The molecule has 2 saturated heterocycles. The standard InChI is InChI=1S/C11H22N2O/c1-9-3-5-12-7-11(9)13(2)10-4-6-14-8-10/h9-12H,3-8H2,1-2H3. The highest BCUT2D eigenvalue weighted by Gasteiger charge is 2.30. The quantitative estimate of drug-likeness (QED) is 0.707. The van der Waals surface area contributed by atoms with Gasteiger partial charge in [-0.15, -0.1) is 0 Å². The lowest BCUT2D eigenvalue weighted by atomic mass is 9.92. The third kappa shape index (κ3) is 2.10. The van der Waals surface area contributed by atoms with E-state index >= 15 is 0 Å². The van der Waals surface area contributed by atoms with Gasteiger partial charge in [-0.2, -0.15) is 0 Å². The second kappa shape index (κ2) is 4.60. The number of ether oxygens (including phenoxy) is 1. The van der Waals surface area contributed by atoms with E-state index in [2.05, 4.69) is 24.2 Å². The van der Waals surface area contributed by atoms with E-state index < -0.39 is 0 Å². The lowest BCUT2D eigenvalue weighted by molar-refractivity contribution is 0.0917. The summed E-state index contributed by atoms with van der Waals surface area (Å²) < 4.78 is 5.44. The van der Waals surface area contributed by atoms with Crippen LogP contribution in [0, 0.1) is 5.92 Å². The molecule has 0 radical (unpaired) electrons. The Bertz CT molecular complexity index is 180. The van der Waals surface area contributed by atoms with Crippen molar-refractivity contribution < 1.29 is 4.74 Å². The van der Waals surface area contributed by atoms with Crippen LogP contribution in [0.25, 0.3) is 0 Å². The Kier molecular flexibility index (Phi) is 3.42. The van der Waals surface area contributed by atoms with Gasteiger partial charge in [-0.05, 0) is 32.4 Å². The molecule has 0 aromatic rings. The molecule has 82 valence electrons. The van der Waals surface area contributed by atoms with Crippen molar-refractivity contribution in [1.29, 1.82) is 0 Å². The third-order valence-corrected chi connectivity index (χ3v) is 3.79. The van der Waals surface area contributed by atoms with Gasteiger partial charge in [0.15, 0.2) is 0 Å². The summed E-state index contributed by atoms with van der Waals surface area (Å²) in [6.45, 7) is 6.59. The summed E-state index contributed by atoms with van der Waals surface area (Å²) in [6.07, 6.45) is 2.52. The Labute approximate surface area is 86.8 Å². The second-order valence-corrected chi connectivity index (χ2v) is 4.72. The molecule has 2 fully saturated rings. The number of hydrogen-bond donors (Lipinski definition) is 1. The maximum atomic E-state index is 5.44. The number of nitrogens with zero attached hydrogens (tertiary/aromatic N) is 1. The van der Waals surface area contributed by atoms with E-state index in [9.17, 15) is 0 Å². The molecule has 2 heterocycles. The van der Waals surface area contributed by atoms with Crippen LogP contribution in [-0.4, -0.2) is 50.3 Å². The van der Waals surface area contributed by atoms with Crippen LogP contribution in [0.1, 0.15) is 19.8 Å². The van der Waals surface area contributed by atoms with Crippen LogP contribution in [-0.2, 0) is 4.74 Å². The van der Waals surface area contributed by atoms with E-state index in [1.54, 1.807) is 0 Å². The highest BCUT2D eigenvalue weighted by atomic mass is 16.5. The van der Waals surface area contributed by atoms with Gasteiger partial charge >= 0.3 is 0 Å². The summed E-state index contributed by atoms with van der Waals surface area (Å²) in [5.41, 5.74) is 0. The third-order valence-electron chi connectivity index (χ3n) is 3.79. The second-order valence-electron chi connectivity index (χ2n) is 4.72. The highest BCUT2D eigenvalue weighted by Crippen LogP contribution is 2.21. The van der Waals surface area contributed by atoms with Crippen molar-refractivity contribution in [2.24, 2.45) is 5.92 Å². The summed E-state index contributed by atoms with van der Waals surface area (Å²) in [5.74, 6) is 0.821. The molecule has 2 aliphatic heterocycles. The Morgan fingerprint density at radius 1 is 1.36 bits per heavy atom. The van der Waals surface area contributed by atoms with Gasteiger partial charge in [0, 0.05) is 25.2 Å². The summed E-state index contributed by atoms with van der Waals surface area (Å²) in [4.78, 5) is 2.53. The predicted molar refractivity (Wildman–Crippen MR) is 57.4 cm³/mol. The average Bonchev–Trinajstić information content (AvgIpc) is 2.70. The van der Waals surface area contributed by atoms with E-state index in [0.717, 1.165) is 25.7 Å². The van der Waals surface area contributed by atoms with Gasteiger partial charge in [0.2, 0.25) is 0 Å². The molecule has 0 aromatic carbocycles. The minimum absolute atomic E-state index is 0.655. The van der Waals surface area contributed by atoms with Crippen LogP contribution in [0.5, 0.6) is 0 Å². The molecule has 0 aliphatic carbocycles. The van der Waals surface area contributed by atoms with Crippen LogP contribution in [0.4, 0.5) is 0 Å². The van der Waals surface area contributed by atoms with Crippen molar-refractivity contribution in [1.82, 2.24) is 10.2 Å². The fraction of sp³-hybridized carbons (Fsp3) is 1.00. The van der Waals surface area contributed by atoms with Crippen molar-refractivity contribution in [2.45, 2.75) is 31.8 Å². The molecule has 0 bridgehead atoms. The average molecular weight is 198 g/mol. The fourth-order valence-electron chi connectivity index (χ4n) is 2.63. The minimum atomic E-state index is 0.655. The van der Waals surface area contributed by atoms with Crippen molar-refractivity contribution >= 4 is 0 Å². The number of hydrogen-bond acceptors (Lipinski definition) is 3. The number of rotatable bonds is 2. The van der Waals surface area contributed by atoms with Gasteiger partial charge in [0.25, 0.3) is 0 Å². The summed E-state index contributed by atoms with van der Waals surface area (Å²) in [5, 5.41) is 3.49. The maximum absolute atomic E-state index is 5.44. The van der Waals surface area contributed by atoms with Gasteiger partial charge in [0.05, 0.1) is 6.61 Å². The Morgan fingerprint density at radius 3 is 2.86 bits per heavy atom. The molecular formula is C11H22N2O. The zero-order valence-corrected chi connectivity index (χ0v) is 9.33. The molecule has 3 nitrogen and oxygen atoms in total. The van der Waals surface area contributed by atoms with Crippen LogP contribution in [0.3, 0.4) is 0 Å². The molecule has 0 saturated carbocycles. The summed E-state index contributed by atoms with van der Waals surface area (Å²) in [6, 6.07) is 1.36. The van der Waals surface area contributed by atoms with E-state index in [1.165, 1.54) is 19.4 Å². The Hall–Kier alpha value is -0.120. The lowest BCUT2D eigenvalue weighted by Gasteiger charge is -2.39. The first-order valence-corrected chi connectivity index (χ1v) is 5.79. The minimum Gasteiger partial charge on any atom is -0.380 e. The topological polar surface area (TPSA) is 24.5 Å². The molecule has 2 aliphatic rings. The SMILES string of the molecule is CC1CCNCC1N(C)C1CCOC1. The van der Waals surface area contributed by atoms with Crippen LogP contribution < -0.4 is 5.32 Å². The summed E-state index contributed by atoms with van der Waals surface area (Å²) in [7, 11) is 2.26. The van der Waals surface area contributed by atoms with Crippen molar-refractivity contribution in [3.8, 4) is 0 Å². The highest BCUT2D eigenvalue weighted by molar-refractivity contribution is 4.86. The largest absolute Gasteiger partial charge is 0.380 e. The summed E-state index contributed by atoms with van der Waals surface area (Å²) >= 11 is 0. The first-order valence-electron chi connectivity index (χ1n) is 5.79. The predicted octanol–water partition coefficient (Wildman–Crippen LogP) is 0.705. The smallest absolute Gasteiger partial charge is 0.0622 e. The molecular weight excluding hydrogens is 176 g/mol. The van der Waals surface area contributed by atoms with Gasteiger partial charge in [-0.1, -0.05) is 6.92 Å². The van der Waals surface area contributed by atoms with Crippen LogP contribution >= 0.6 is 0 Å². The number of nitrogens with one attached hydrogen (secondary N) is 1. The molecule has 14 heavy (non-hydrogen) atoms. The monoisotopic (exact) mass is 198 g/mol. The van der Waals surface area contributed by atoms with Crippen LogP contribution in [0.15, 0.2) is 0 Å². The molecule has 1 N–H and O–H groups in total. The Morgan fingerprint density at radius 2 is 2.21 bits per heavy atom. The molecule has 0 spiro atoms. The number of likely N-dealkylation sites (N-methyl/N-ethyl adjacent to an activating group) is 1. The van der Waals surface area contributed by atoms with E-state index in [-0.39, 0.29) is 0 Å². The maximum Gasteiger partial charge on any atom is 0.0622 e. The lowest BCUT2D eigenvalue weighted by Crippen LogP contribution is -2.52. The van der Waals surface area contributed by atoms with Gasteiger partial charge in [-0.3, -0.25) is 4.90 Å². The van der Waals surface area contributed by atoms with E-state index in [1.807, 2.05) is 0 Å². The van der Waals surface area contributed by atoms with Gasteiger partial charge in [-0.25, -0.2) is 0 Å². The zero-order chi connectivity index (χ0) is 9.97.